The Morgan fingerprint density at radius 2 is 2.00 bits per heavy atom. The van der Waals surface area contributed by atoms with Crippen molar-refractivity contribution in [2.45, 2.75) is 25.7 Å². The van der Waals surface area contributed by atoms with Gasteiger partial charge < -0.3 is 15.3 Å². The van der Waals surface area contributed by atoms with Crippen molar-refractivity contribution in [1.29, 1.82) is 0 Å². The molecular weight excluding hydrogens is 196 g/mol. The first-order valence-corrected chi connectivity index (χ1v) is 5.40. The van der Waals surface area contributed by atoms with Crippen molar-refractivity contribution in [2.75, 3.05) is 19.6 Å². The number of carboxylic acid groups (broad SMARTS) is 1. The van der Waals surface area contributed by atoms with Crippen LogP contribution in [0.3, 0.4) is 0 Å². The molecule has 5 nitrogen and oxygen atoms in total. The summed E-state index contributed by atoms with van der Waals surface area (Å²) >= 11 is 0. The summed E-state index contributed by atoms with van der Waals surface area (Å²) in [7, 11) is 0. The summed E-state index contributed by atoms with van der Waals surface area (Å²) in [6, 6.07) is 0. The van der Waals surface area contributed by atoms with E-state index in [1.807, 2.05) is 0 Å². The number of nitrogens with zero attached hydrogens (tertiary/aromatic N) is 1. The summed E-state index contributed by atoms with van der Waals surface area (Å²) in [6.07, 6.45) is 2.39. The van der Waals surface area contributed by atoms with Gasteiger partial charge in [-0.25, -0.2) is 4.79 Å². The van der Waals surface area contributed by atoms with E-state index in [2.05, 4.69) is 5.32 Å². The Hall–Kier alpha value is -1.26. The highest BCUT2D eigenvalue weighted by Gasteiger charge is 2.43. The monoisotopic (exact) mass is 212 g/mol. The maximum atomic E-state index is 11.8. The summed E-state index contributed by atoms with van der Waals surface area (Å²) in [6.45, 7) is 1.74. The topological polar surface area (TPSA) is 69.6 Å². The summed E-state index contributed by atoms with van der Waals surface area (Å²) in [5, 5.41) is 11.7. The maximum Gasteiger partial charge on any atom is 0.407 e. The van der Waals surface area contributed by atoms with Crippen molar-refractivity contribution < 1.29 is 14.7 Å². The second-order valence-corrected chi connectivity index (χ2v) is 4.41. The van der Waals surface area contributed by atoms with Crippen molar-refractivity contribution in [1.82, 2.24) is 10.2 Å². The molecule has 2 heterocycles. The molecule has 2 fully saturated rings. The summed E-state index contributed by atoms with van der Waals surface area (Å²) in [4.78, 5) is 23.9. The molecular formula is C10H16N2O3. The van der Waals surface area contributed by atoms with E-state index in [0.29, 0.717) is 25.9 Å². The number of carbonyl (C=O) groups excluding carboxylic acids is 1. The van der Waals surface area contributed by atoms with Crippen LogP contribution in [0.4, 0.5) is 4.79 Å². The molecule has 0 radical (unpaired) electrons. The van der Waals surface area contributed by atoms with E-state index in [-0.39, 0.29) is 11.3 Å². The largest absolute Gasteiger partial charge is 0.465 e. The van der Waals surface area contributed by atoms with Crippen LogP contribution in [0.2, 0.25) is 0 Å². The zero-order valence-electron chi connectivity index (χ0n) is 8.66. The molecule has 2 aliphatic rings. The molecule has 0 bridgehead atoms. The van der Waals surface area contributed by atoms with Crippen molar-refractivity contribution >= 4 is 12.0 Å². The number of piperidine rings is 2. The van der Waals surface area contributed by atoms with Crippen LogP contribution < -0.4 is 5.32 Å². The summed E-state index contributed by atoms with van der Waals surface area (Å²) in [5.41, 5.74) is -0.274. The fourth-order valence-electron chi connectivity index (χ4n) is 2.53. The van der Waals surface area contributed by atoms with Crippen LogP contribution in [0.1, 0.15) is 25.7 Å². The smallest absolute Gasteiger partial charge is 0.407 e. The predicted molar refractivity (Wildman–Crippen MR) is 53.5 cm³/mol. The molecule has 0 atom stereocenters. The number of hydrogen-bond donors (Lipinski definition) is 2. The lowest BCUT2D eigenvalue weighted by atomic mass is 9.72. The van der Waals surface area contributed by atoms with Gasteiger partial charge in [0.2, 0.25) is 5.91 Å². The van der Waals surface area contributed by atoms with Gasteiger partial charge in [-0.15, -0.1) is 0 Å². The van der Waals surface area contributed by atoms with Gasteiger partial charge in [-0.05, 0) is 25.7 Å². The first-order valence-electron chi connectivity index (χ1n) is 5.40. The van der Waals surface area contributed by atoms with Crippen LogP contribution in [-0.4, -0.2) is 41.6 Å². The Kier molecular flexibility index (Phi) is 2.54. The minimum Gasteiger partial charge on any atom is -0.465 e. The minimum atomic E-state index is -0.874. The van der Waals surface area contributed by atoms with Crippen molar-refractivity contribution in [3.63, 3.8) is 0 Å². The van der Waals surface area contributed by atoms with Crippen molar-refractivity contribution in [3.05, 3.63) is 0 Å². The molecule has 0 aliphatic carbocycles. The average molecular weight is 212 g/mol. The second kappa shape index (κ2) is 3.72. The molecule has 0 saturated carbocycles. The van der Waals surface area contributed by atoms with Crippen LogP contribution in [-0.2, 0) is 4.79 Å². The Balaban J connectivity index is 2.01. The quantitative estimate of drug-likeness (QED) is 0.619. The van der Waals surface area contributed by atoms with Crippen LogP contribution in [0.25, 0.3) is 0 Å². The number of rotatable bonds is 0. The van der Waals surface area contributed by atoms with E-state index in [0.717, 1.165) is 19.4 Å². The van der Waals surface area contributed by atoms with Crippen LogP contribution >= 0.6 is 0 Å². The third kappa shape index (κ3) is 1.78. The van der Waals surface area contributed by atoms with E-state index in [4.69, 9.17) is 5.11 Å². The molecule has 0 aromatic heterocycles. The number of likely N-dealkylation sites (tertiary alicyclic amines) is 1. The minimum absolute atomic E-state index is 0.124. The normalized spacial score (nSPS) is 25.1. The fraction of sp³-hybridized carbons (Fsp3) is 0.800. The first-order chi connectivity index (χ1) is 7.14. The molecule has 2 amide bonds. The first kappa shape index (κ1) is 10.3. The highest BCUT2D eigenvalue weighted by atomic mass is 16.4. The third-order valence-electron chi connectivity index (χ3n) is 3.59. The Bertz CT molecular complexity index is 282. The van der Waals surface area contributed by atoms with Gasteiger partial charge in [0.15, 0.2) is 0 Å². The highest BCUT2D eigenvalue weighted by molar-refractivity contribution is 5.83. The Morgan fingerprint density at radius 3 is 2.53 bits per heavy atom. The summed E-state index contributed by atoms with van der Waals surface area (Å²) < 4.78 is 0. The molecule has 2 rings (SSSR count). The lowest BCUT2D eigenvalue weighted by Gasteiger charge is -2.41. The van der Waals surface area contributed by atoms with Gasteiger partial charge in [-0.1, -0.05) is 0 Å². The standard InChI is InChI=1S/C10H16N2O3/c13-8-10(2-1-5-11-8)3-6-12(7-4-10)9(14)15/h1-7H2,(H,11,13)(H,14,15). The molecule has 15 heavy (non-hydrogen) atoms. The molecule has 1 spiro atoms. The zero-order valence-corrected chi connectivity index (χ0v) is 8.66. The molecule has 2 N–H and O–H groups in total. The Morgan fingerprint density at radius 1 is 1.33 bits per heavy atom. The van der Waals surface area contributed by atoms with E-state index in [1.165, 1.54) is 4.90 Å². The SMILES string of the molecule is O=C(O)N1CCC2(CCCNC2=O)CC1. The molecule has 5 heteroatoms. The average Bonchev–Trinajstić information content (AvgIpc) is 2.23. The van der Waals surface area contributed by atoms with Crippen LogP contribution in [0.15, 0.2) is 0 Å². The second-order valence-electron chi connectivity index (χ2n) is 4.41. The summed E-state index contributed by atoms with van der Waals surface area (Å²) in [5.74, 6) is 0.124. The molecule has 0 aromatic rings. The van der Waals surface area contributed by atoms with E-state index in [1.54, 1.807) is 0 Å². The van der Waals surface area contributed by atoms with E-state index >= 15 is 0 Å². The molecule has 2 saturated heterocycles. The number of amides is 2. The lowest BCUT2D eigenvalue weighted by Crippen LogP contribution is -2.52. The molecule has 2 aliphatic heterocycles. The molecule has 0 aromatic carbocycles. The van der Waals surface area contributed by atoms with Crippen LogP contribution in [0.5, 0.6) is 0 Å². The van der Waals surface area contributed by atoms with Gasteiger partial charge >= 0.3 is 6.09 Å². The fourth-order valence-corrected chi connectivity index (χ4v) is 2.53. The Labute approximate surface area is 88.4 Å². The van der Waals surface area contributed by atoms with E-state index in [9.17, 15) is 9.59 Å². The maximum absolute atomic E-state index is 11.8. The van der Waals surface area contributed by atoms with Gasteiger partial charge in [0.1, 0.15) is 0 Å². The highest BCUT2D eigenvalue weighted by Crippen LogP contribution is 2.38. The van der Waals surface area contributed by atoms with Crippen molar-refractivity contribution in [3.8, 4) is 0 Å². The number of carbonyl (C=O) groups is 2. The molecule has 84 valence electrons. The lowest BCUT2D eigenvalue weighted by molar-refractivity contribution is -0.136. The van der Waals surface area contributed by atoms with Gasteiger partial charge in [0, 0.05) is 19.6 Å². The number of nitrogens with one attached hydrogen (secondary N) is 1. The van der Waals surface area contributed by atoms with Gasteiger partial charge in [-0.2, -0.15) is 0 Å². The third-order valence-corrected chi connectivity index (χ3v) is 3.59. The van der Waals surface area contributed by atoms with Gasteiger partial charge in [-0.3, -0.25) is 4.79 Å². The number of hydrogen-bond acceptors (Lipinski definition) is 2. The van der Waals surface area contributed by atoms with Gasteiger partial charge in [0.25, 0.3) is 0 Å². The molecule has 0 unspecified atom stereocenters. The van der Waals surface area contributed by atoms with Crippen LogP contribution in [0, 0.1) is 5.41 Å². The van der Waals surface area contributed by atoms with Gasteiger partial charge in [0.05, 0.1) is 5.41 Å². The zero-order chi connectivity index (χ0) is 10.9. The predicted octanol–water partition coefficient (Wildman–Crippen LogP) is 0.657. The van der Waals surface area contributed by atoms with Crippen molar-refractivity contribution in [2.24, 2.45) is 5.41 Å². The van der Waals surface area contributed by atoms with E-state index < -0.39 is 6.09 Å².